The molecule has 0 saturated heterocycles. The van der Waals surface area contributed by atoms with E-state index in [9.17, 15) is 14.0 Å². The van der Waals surface area contributed by atoms with Gasteiger partial charge in [0.1, 0.15) is 17.8 Å². The average Bonchev–Trinajstić information content (AvgIpc) is 3.17. The Bertz CT molecular complexity index is 1050. The number of anilines is 1. The lowest BCUT2D eigenvalue weighted by Gasteiger charge is -2.17. The molecule has 3 aromatic rings. The molecule has 9 heteroatoms. The summed E-state index contributed by atoms with van der Waals surface area (Å²) in [6, 6.07) is 10.5. The lowest BCUT2D eigenvalue weighted by molar-refractivity contribution is -0.132. The molecule has 1 N–H and O–H groups in total. The molecule has 2 aromatic carbocycles. The van der Waals surface area contributed by atoms with Gasteiger partial charge in [-0.2, -0.15) is 0 Å². The molecule has 0 aliphatic heterocycles. The number of hydrogen-bond acceptors (Lipinski definition) is 5. The van der Waals surface area contributed by atoms with Gasteiger partial charge in [-0.1, -0.05) is 11.6 Å². The standard InChI is InChI=1S/C21H19ClFN3O4/c1-26(11-19(27)25-17-9-14(22)5-8-18(17)29-2)20(28)10-16-12-30-21(24-16)13-3-6-15(23)7-4-13/h3-9,12H,10-11H2,1-2H3,(H,25,27). The van der Waals surface area contributed by atoms with Crippen molar-refractivity contribution in [1.29, 1.82) is 0 Å². The normalized spacial score (nSPS) is 10.5. The molecule has 0 atom stereocenters. The van der Waals surface area contributed by atoms with E-state index in [2.05, 4.69) is 10.3 Å². The molecule has 0 unspecified atom stereocenters. The smallest absolute Gasteiger partial charge is 0.244 e. The van der Waals surface area contributed by atoms with E-state index in [4.69, 9.17) is 20.8 Å². The van der Waals surface area contributed by atoms with Crippen LogP contribution in [-0.2, 0) is 16.0 Å². The molecular weight excluding hydrogens is 413 g/mol. The maximum absolute atomic E-state index is 13.0. The SMILES string of the molecule is COc1ccc(Cl)cc1NC(=O)CN(C)C(=O)Cc1coc(-c2ccc(F)cc2)n1. The van der Waals surface area contributed by atoms with Crippen molar-refractivity contribution in [3.05, 3.63) is 65.3 Å². The van der Waals surface area contributed by atoms with E-state index in [1.807, 2.05) is 0 Å². The molecule has 2 amide bonds. The molecular formula is C21H19ClFN3O4. The second-order valence-corrected chi connectivity index (χ2v) is 6.91. The van der Waals surface area contributed by atoms with E-state index >= 15 is 0 Å². The van der Waals surface area contributed by atoms with Crippen molar-refractivity contribution in [2.45, 2.75) is 6.42 Å². The summed E-state index contributed by atoms with van der Waals surface area (Å²) in [6.45, 7) is -0.169. The molecule has 0 aliphatic carbocycles. The van der Waals surface area contributed by atoms with Crippen LogP contribution < -0.4 is 10.1 Å². The summed E-state index contributed by atoms with van der Waals surface area (Å²) in [7, 11) is 2.99. The lowest BCUT2D eigenvalue weighted by atomic mass is 10.2. The van der Waals surface area contributed by atoms with Gasteiger partial charge in [-0.05, 0) is 42.5 Å². The van der Waals surface area contributed by atoms with Crippen LogP contribution in [0.5, 0.6) is 5.75 Å². The van der Waals surface area contributed by atoms with Crippen LogP contribution in [0.1, 0.15) is 5.69 Å². The number of ether oxygens (including phenoxy) is 1. The zero-order valence-electron chi connectivity index (χ0n) is 16.3. The summed E-state index contributed by atoms with van der Waals surface area (Å²) >= 11 is 5.95. The largest absolute Gasteiger partial charge is 0.495 e. The molecule has 1 heterocycles. The van der Waals surface area contributed by atoms with Gasteiger partial charge in [0.2, 0.25) is 17.7 Å². The number of rotatable bonds is 7. The number of halogens is 2. The van der Waals surface area contributed by atoms with Gasteiger partial charge >= 0.3 is 0 Å². The van der Waals surface area contributed by atoms with Gasteiger partial charge in [0.15, 0.2) is 0 Å². The highest BCUT2D eigenvalue weighted by atomic mass is 35.5. The van der Waals surface area contributed by atoms with Gasteiger partial charge in [-0.3, -0.25) is 9.59 Å². The summed E-state index contributed by atoms with van der Waals surface area (Å²) < 4.78 is 23.6. The van der Waals surface area contributed by atoms with Crippen molar-refractivity contribution in [3.8, 4) is 17.2 Å². The number of oxazole rings is 1. The predicted octanol–water partition coefficient (Wildman–Crippen LogP) is 3.78. The van der Waals surface area contributed by atoms with Crippen molar-refractivity contribution < 1.29 is 23.1 Å². The summed E-state index contributed by atoms with van der Waals surface area (Å²) in [5.41, 5.74) is 1.41. The first-order valence-corrected chi connectivity index (χ1v) is 9.31. The van der Waals surface area contributed by atoms with Crippen molar-refractivity contribution in [3.63, 3.8) is 0 Å². The number of aromatic nitrogens is 1. The summed E-state index contributed by atoms with van der Waals surface area (Å²) in [5, 5.41) is 3.12. The van der Waals surface area contributed by atoms with Crippen LogP contribution in [0.25, 0.3) is 11.5 Å². The second-order valence-electron chi connectivity index (χ2n) is 6.47. The Morgan fingerprint density at radius 3 is 2.67 bits per heavy atom. The quantitative estimate of drug-likeness (QED) is 0.615. The number of benzene rings is 2. The Morgan fingerprint density at radius 1 is 1.23 bits per heavy atom. The first kappa shape index (κ1) is 21.3. The maximum Gasteiger partial charge on any atom is 0.244 e. The highest BCUT2D eigenvalue weighted by Gasteiger charge is 2.17. The molecule has 7 nitrogen and oxygen atoms in total. The van der Waals surface area contributed by atoms with E-state index in [0.717, 1.165) is 0 Å². The monoisotopic (exact) mass is 431 g/mol. The van der Waals surface area contributed by atoms with Crippen LogP contribution in [0.3, 0.4) is 0 Å². The maximum atomic E-state index is 13.0. The summed E-state index contributed by atoms with van der Waals surface area (Å²) in [5.74, 6) is -0.347. The Hall–Kier alpha value is -3.39. The van der Waals surface area contributed by atoms with Crippen molar-refractivity contribution >= 4 is 29.1 Å². The number of nitrogens with one attached hydrogen (secondary N) is 1. The van der Waals surface area contributed by atoms with E-state index in [1.165, 1.54) is 49.6 Å². The number of methoxy groups -OCH3 is 1. The number of nitrogens with zero attached hydrogens (tertiary/aromatic N) is 2. The molecule has 1 aromatic heterocycles. The molecule has 156 valence electrons. The van der Waals surface area contributed by atoms with Gasteiger partial charge < -0.3 is 19.4 Å². The van der Waals surface area contributed by atoms with Crippen LogP contribution in [0, 0.1) is 5.82 Å². The van der Waals surface area contributed by atoms with Crippen LogP contribution in [0.15, 0.2) is 53.1 Å². The minimum atomic E-state index is -0.404. The third-order valence-corrected chi connectivity index (χ3v) is 4.45. The Labute approximate surface area is 177 Å². The van der Waals surface area contributed by atoms with Crippen LogP contribution in [0.4, 0.5) is 10.1 Å². The van der Waals surface area contributed by atoms with E-state index in [1.54, 1.807) is 18.2 Å². The Balaban J connectivity index is 1.58. The fraction of sp³-hybridized carbons (Fsp3) is 0.190. The van der Waals surface area contributed by atoms with Crippen LogP contribution in [0.2, 0.25) is 5.02 Å². The van der Waals surface area contributed by atoms with E-state index in [-0.39, 0.29) is 30.6 Å². The lowest BCUT2D eigenvalue weighted by Crippen LogP contribution is -2.35. The highest BCUT2D eigenvalue weighted by Crippen LogP contribution is 2.27. The minimum absolute atomic E-state index is 0.0467. The zero-order chi connectivity index (χ0) is 21.7. The Kier molecular flexibility index (Phi) is 6.68. The molecule has 3 rings (SSSR count). The van der Waals surface area contributed by atoms with Gasteiger partial charge in [0, 0.05) is 17.6 Å². The highest BCUT2D eigenvalue weighted by molar-refractivity contribution is 6.31. The van der Waals surface area contributed by atoms with Gasteiger partial charge in [0.25, 0.3) is 0 Å². The topological polar surface area (TPSA) is 84.7 Å². The molecule has 0 radical (unpaired) electrons. The summed E-state index contributed by atoms with van der Waals surface area (Å²) in [4.78, 5) is 30.3. The number of likely N-dealkylation sites (N-methyl/N-ethyl adjacent to an activating group) is 1. The fourth-order valence-corrected chi connectivity index (χ4v) is 2.85. The number of carbonyl (C=O) groups is 2. The van der Waals surface area contributed by atoms with E-state index in [0.29, 0.717) is 27.7 Å². The van der Waals surface area contributed by atoms with E-state index < -0.39 is 5.91 Å². The summed E-state index contributed by atoms with van der Waals surface area (Å²) in [6.07, 6.45) is 1.32. The average molecular weight is 432 g/mol. The first-order valence-electron chi connectivity index (χ1n) is 8.93. The second kappa shape index (κ2) is 9.41. The fourth-order valence-electron chi connectivity index (χ4n) is 2.67. The van der Waals surface area contributed by atoms with Crippen molar-refractivity contribution in [2.24, 2.45) is 0 Å². The van der Waals surface area contributed by atoms with Crippen LogP contribution in [-0.4, -0.2) is 42.4 Å². The minimum Gasteiger partial charge on any atom is -0.495 e. The molecule has 0 bridgehead atoms. The molecule has 0 fully saturated rings. The molecule has 30 heavy (non-hydrogen) atoms. The van der Waals surface area contributed by atoms with Crippen molar-refractivity contribution in [2.75, 3.05) is 26.0 Å². The Morgan fingerprint density at radius 2 is 1.97 bits per heavy atom. The first-order chi connectivity index (χ1) is 14.4. The molecule has 0 saturated carbocycles. The molecule has 0 aliphatic rings. The zero-order valence-corrected chi connectivity index (χ0v) is 17.1. The molecule has 0 spiro atoms. The van der Waals surface area contributed by atoms with Gasteiger partial charge in [-0.15, -0.1) is 0 Å². The van der Waals surface area contributed by atoms with Crippen molar-refractivity contribution in [1.82, 2.24) is 9.88 Å². The van der Waals surface area contributed by atoms with Crippen LogP contribution >= 0.6 is 11.6 Å². The number of amides is 2. The number of carbonyl (C=O) groups excluding carboxylic acids is 2. The number of hydrogen-bond donors (Lipinski definition) is 1. The predicted molar refractivity (Wildman–Crippen MR) is 110 cm³/mol. The third-order valence-electron chi connectivity index (χ3n) is 4.22. The third kappa shape index (κ3) is 5.36. The van der Waals surface area contributed by atoms with Gasteiger partial charge in [-0.25, -0.2) is 9.37 Å². The van der Waals surface area contributed by atoms with Gasteiger partial charge in [0.05, 0.1) is 31.5 Å².